The van der Waals surface area contributed by atoms with E-state index in [-0.39, 0.29) is 5.91 Å². The van der Waals surface area contributed by atoms with Crippen molar-refractivity contribution in [3.63, 3.8) is 0 Å². The molecule has 23 heavy (non-hydrogen) atoms. The van der Waals surface area contributed by atoms with E-state index in [9.17, 15) is 4.79 Å². The summed E-state index contributed by atoms with van der Waals surface area (Å²) in [7, 11) is 0. The minimum absolute atomic E-state index is 0.275. The van der Waals surface area contributed by atoms with Crippen LogP contribution in [0.4, 0.5) is 5.13 Å². The number of hydrogen-bond acceptors (Lipinski definition) is 6. The van der Waals surface area contributed by atoms with Crippen LogP contribution in [-0.2, 0) is 9.53 Å². The highest BCUT2D eigenvalue weighted by Gasteiger charge is 2.24. The molecule has 120 valence electrons. The minimum Gasteiger partial charge on any atom is -0.486 e. The van der Waals surface area contributed by atoms with E-state index in [4.69, 9.17) is 4.74 Å². The van der Waals surface area contributed by atoms with Crippen molar-refractivity contribution in [3.8, 4) is 0 Å². The maximum absolute atomic E-state index is 12.6. The number of nitrogens with zero attached hydrogens (tertiary/aromatic N) is 2. The molecule has 0 radical (unpaired) electrons. The van der Waals surface area contributed by atoms with Gasteiger partial charge >= 0.3 is 0 Å². The Kier molecular flexibility index (Phi) is 4.97. The Morgan fingerprint density at radius 3 is 2.74 bits per heavy atom. The highest BCUT2D eigenvalue weighted by atomic mass is 32.2. The average Bonchev–Trinajstić information content (AvgIpc) is 3.04. The fourth-order valence-electron chi connectivity index (χ4n) is 2.06. The van der Waals surface area contributed by atoms with Crippen LogP contribution in [0.1, 0.15) is 30.3 Å². The molecule has 5 nitrogen and oxygen atoms in total. The summed E-state index contributed by atoms with van der Waals surface area (Å²) in [5.74, 6) is 1.20. The highest BCUT2D eigenvalue weighted by molar-refractivity contribution is 8.08. The van der Waals surface area contributed by atoms with Gasteiger partial charge in [0.2, 0.25) is 5.13 Å². The van der Waals surface area contributed by atoms with Crippen molar-refractivity contribution in [2.45, 2.75) is 19.8 Å². The number of thioether (sulfide) groups is 1. The lowest BCUT2D eigenvalue weighted by molar-refractivity contribution is -0.115. The first-order chi connectivity index (χ1) is 11.1. The van der Waals surface area contributed by atoms with Gasteiger partial charge in [-0.1, -0.05) is 55.5 Å². The van der Waals surface area contributed by atoms with E-state index in [1.807, 2.05) is 44.2 Å². The first-order valence-electron chi connectivity index (χ1n) is 7.35. The predicted molar refractivity (Wildman–Crippen MR) is 94.4 cm³/mol. The van der Waals surface area contributed by atoms with Crippen molar-refractivity contribution in [3.05, 3.63) is 46.7 Å². The van der Waals surface area contributed by atoms with Crippen LogP contribution in [0, 0.1) is 0 Å². The van der Waals surface area contributed by atoms with Crippen LogP contribution >= 0.6 is 23.1 Å². The maximum Gasteiger partial charge on any atom is 0.293 e. The van der Waals surface area contributed by atoms with Gasteiger partial charge in [0.15, 0.2) is 5.76 Å². The molecule has 0 spiro atoms. The number of rotatable bonds is 4. The van der Waals surface area contributed by atoms with Gasteiger partial charge in [0.25, 0.3) is 5.91 Å². The van der Waals surface area contributed by atoms with E-state index in [2.05, 4.69) is 15.5 Å². The van der Waals surface area contributed by atoms with Crippen LogP contribution in [0.3, 0.4) is 0 Å². The Hall–Kier alpha value is -1.86. The smallest absolute Gasteiger partial charge is 0.293 e. The van der Waals surface area contributed by atoms with Gasteiger partial charge < -0.3 is 4.74 Å². The average molecular weight is 347 g/mol. The van der Waals surface area contributed by atoms with E-state index < -0.39 is 0 Å². The summed E-state index contributed by atoms with van der Waals surface area (Å²) in [6.45, 7) is 4.61. The molecule has 0 unspecified atom stereocenters. The number of carbonyl (C=O) groups excluding carboxylic acids is 1. The first kappa shape index (κ1) is 16.0. The molecule has 0 atom stereocenters. The summed E-state index contributed by atoms with van der Waals surface area (Å²) >= 11 is 3.03. The zero-order valence-corrected chi connectivity index (χ0v) is 14.5. The normalized spacial score (nSPS) is 14.7. The molecule has 1 aromatic carbocycles. The van der Waals surface area contributed by atoms with Crippen molar-refractivity contribution in [2.24, 2.45) is 0 Å². The van der Waals surface area contributed by atoms with Crippen molar-refractivity contribution < 1.29 is 9.53 Å². The van der Waals surface area contributed by atoms with Crippen LogP contribution in [-0.4, -0.2) is 28.5 Å². The van der Waals surface area contributed by atoms with E-state index >= 15 is 0 Å². The largest absolute Gasteiger partial charge is 0.486 e. The SMILES string of the molecule is CC(C)c1nnc(NC(=O)C2=C(c3ccccc3)SCCO2)s1. The topological polar surface area (TPSA) is 64.1 Å². The lowest BCUT2D eigenvalue weighted by Crippen LogP contribution is -2.21. The number of anilines is 1. The third-order valence-electron chi connectivity index (χ3n) is 3.18. The van der Waals surface area contributed by atoms with Crippen molar-refractivity contribution in [1.29, 1.82) is 0 Å². The van der Waals surface area contributed by atoms with E-state index in [1.165, 1.54) is 11.3 Å². The highest BCUT2D eigenvalue weighted by Crippen LogP contribution is 2.35. The molecule has 7 heteroatoms. The molecular formula is C16H17N3O2S2. The zero-order chi connectivity index (χ0) is 16.2. The lowest BCUT2D eigenvalue weighted by atomic mass is 10.2. The molecule has 2 aromatic rings. The number of ether oxygens (including phenoxy) is 1. The van der Waals surface area contributed by atoms with Gasteiger partial charge in [0.05, 0.1) is 11.5 Å². The van der Waals surface area contributed by atoms with E-state index in [0.717, 1.165) is 21.2 Å². The Balaban J connectivity index is 1.84. The summed E-state index contributed by atoms with van der Waals surface area (Å²) in [4.78, 5) is 13.4. The Labute approximate surface area is 143 Å². The second-order valence-corrected chi connectivity index (χ2v) is 7.39. The number of hydrogen-bond donors (Lipinski definition) is 1. The fourth-order valence-corrected chi connectivity index (χ4v) is 3.76. The predicted octanol–water partition coefficient (Wildman–Crippen LogP) is 3.73. The van der Waals surface area contributed by atoms with Crippen molar-refractivity contribution >= 4 is 39.0 Å². The second-order valence-electron chi connectivity index (χ2n) is 5.28. The molecular weight excluding hydrogens is 330 g/mol. The summed E-state index contributed by atoms with van der Waals surface area (Å²) in [6.07, 6.45) is 0. The number of nitrogens with one attached hydrogen (secondary N) is 1. The molecule has 0 saturated heterocycles. The maximum atomic E-state index is 12.6. The van der Waals surface area contributed by atoms with Crippen molar-refractivity contribution in [2.75, 3.05) is 17.7 Å². The Morgan fingerprint density at radius 2 is 2.04 bits per heavy atom. The Bertz CT molecular complexity index is 726. The van der Waals surface area contributed by atoms with Crippen LogP contribution in [0.15, 0.2) is 36.1 Å². The number of benzene rings is 1. The van der Waals surface area contributed by atoms with Gasteiger partial charge in [-0.15, -0.1) is 22.0 Å². The van der Waals surface area contributed by atoms with Crippen LogP contribution in [0.5, 0.6) is 0 Å². The van der Waals surface area contributed by atoms with Gasteiger partial charge in [-0.2, -0.15) is 0 Å². The van der Waals surface area contributed by atoms with Gasteiger partial charge in [0.1, 0.15) is 5.01 Å². The number of carbonyl (C=O) groups is 1. The van der Waals surface area contributed by atoms with Gasteiger partial charge in [-0.25, -0.2) is 0 Å². The standard InChI is InChI=1S/C16H17N3O2S2/c1-10(2)15-18-19-16(23-15)17-14(20)12-13(22-9-8-21-12)11-6-4-3-5-7-11/h3-7,10H,8-9H2,1-2H3,(H,17,19,20). The summed E-state index contributed by atoms with van der Waals surface area (Å²) < 4.78 is 5.64. The third kappa shape index (κ3) is 3.73. The number of aromatic nitrogens is 2. The Morgan fingerprint density at radius 1 is 1.26 bits per heavy atom. The van der Waals surface area contributed by atoms with Crippen molar-refractivity contribution in [1.82, 2.24) is 10.2 Å². The van der Waals surface area contributed by atoms with Gasteiger partial charge in [-0.05, 0) is 5.56 Å². The molecule has 1 amide bonds. The van der Waals surface area contributed by atoms with Gasteiger partial charge in [0, 0.05) is 11.7 Å². The summed E-state index contributed by atoms with van der Waals surface area (Å²) in [5, 5.41) is 12.3. The summed E-state index contributed by atoms with van der Waals surface area (Å²) in [5.41, 5.74) is 0.988. The molecule has 2 heterocycles. The zero-order valence-electron chi connectivity index (χ0n) is 12.9. The minimum atomic E-state index is -0.275. The van der Waals surface area contributed by atoms with E-state index in [1.54, 1.807) is 11.8 Å². The van der Waals surface area contributed by atoms with Crippen LogP contribution < -0.4 is 5.32 Å². The lowest BCUT2D eigenvalue weighted by Gasteiger charge is -2.20. The molecule has 0 fully saturated rings. The molecule has 0 aliphatic carbocycles. The fraction of sp³-hybridized carbons (Fsp3) is 0.312. The summed E-state index contributed by atoms with van der Waals surface area (Å²) in [6, 6.07) is 9.81. The van der Waals surface area contributed by atoms with Gasteiger partial charge in [-0.3, -0.25) is 10.1 Å². The first-order valence-corrected chi connectivity index (χ1v) is 9.15. The molecule has 3 rings (SSSR count). The van der Waals surface area contributed by atoms with E-state index in [0.29, 0.717) is 23.4 Å². The quantitative estimate of drug-likeness (QED) is 0.913. The molecule has 1 aromatic heterocycles. The second kappa shape index (κ2) is 7.14. The number of amides is 1. The third-order valence-corrected chi connectivity index (χ3v) is 5.40. The molecule has 1 aliphatic rings. The molecule has 0 bridgehead atoms. The van der Waals surface area contributed by atoms with Crippen LogP contribution in [0.2, 0.25) is 0 Å². The molecule has 1 N–H and O–H groups in total. The molecule has 0 saturated carbocycles. The monoisotopic (exact) mass is 347 g/mol. The van der Waals surface area contributed by atoms with Crippen LogP contribution in [0.25, 0.3) is 4.91 Å². The molecule has 1 aliphatic heterocycles.